The number of alkyl carbamates (subject to hydrolysis) is 2. The highest BCUT2D eigenvalue weighted by Crippen LogP contribution is 2.34. The summed E-state index contributed by atoms with van der Waals surface area (Å²) in [6.07, 6.45) is 0.334. The molecule has 0 aliphatic rings. The van der Waals surface area contributed by atoms with Crippen LogP contribution in [0.3, 0.4) is 0 Å². The summed E-state index contributed by atoms with van der Waals surface area (Å²) >= 11 is 0. The fourth-order valence-electron chi connectivity index (χ4n) is 4.32. The van der Waals surface area contributed by atoms with Gasteiger partial charge in [0.25, 0.3) is 5.91 Å². The van der Waals surface area contributed by atoms with E-state index in [4.69, 9.17) is 20.2 Å². The summed E-state index contributed by atoms with van der Waals surface area (Å²) in [5.74, 6) is -0.765. The van der Waals surface area contributed by atoms with Crippen molar-refractivity contribution in [2.75, 3.05) is 6.54 Å². The summed E-state index contributed by atoms with van der Waals surface area (Å²) < 4.78 is 10.5. The number of aliphatic imine (C=N–C) groups is 1. The third-order valence-electron chi connectivity index (χ3n) is 6.16. The van der Waals surface area contributed by atoms with Gasteiger partial charge >= 0.3 is 12.2 Å². The maximum Gasteiger partial charge on any atom is 0.408 e. The van der Waals surface area contributed by atoms with Crippen LogP contribution in [0.25, 0.3) is 33.3 Å². The molecule has 4 rings (SSSR count). The lowest BCUT2D eigenvalue weighted by Crippen LogP contribution is -2.35. The van der Waals surface area contributed by atoms with E-state index in [-0.39, 0.29) is 18.1 Å². The Hall–Kier alpha value is -5.32. The number of aromatic nitrogens is 2. The second kappa shape index (κ2) is 15.8. The van der Waals surface area contributed by atoms with Crippen molar-refractivity contribution in [1.82, 2.24) is 20.6 Å². The Balaban J connectivity index is 0.00000294. The molecule has 4 aromatic rings. The number of amidine groups is 1. The molecule has 2 aromatic carbocycles. The molecule has 4 N–H and O–H groups in total. The van der Waals surface area contributed by atoms with Crippen molar-refractivity contribution in [2.24, 2.45) is 10.7 Å². The van der Waals surface area contributed by atoms with Gasteiger partial charge in [-0.3, -0.25) is 9.78 Å². The zero-order valence-electron chi connectivity index (χ0n) is 28.3. The van der Waals surface area contributed by atoms with Crippen LogP contribution in [-0.2, 0) is 20.8 Å². The van der Waals surface area contributed by atoms with Crippen molar-refractivity contribution in [2.45, 2.75) is 73.1 Å². The standard InChI is InChI=1S/C34H38N6O5.C2H6/c1-33(2,3)44-31(42)37-19-21-12-14-23(15-13-21)28-24(22-10-8-7-9-11-22)18-25-26(39-28)16-17-36-29(25)30(35)40-27(41)20-38-32(43)45-34(4,5)6;1-2/h7-18H,19-20H2,1-6H3,(H,37,42)(H,38,43)(H2,35,40,41);1-2H3. The number of pyridine rings is 2. The van der Waals surface area contributed by atoms with Gasteiger partial charge in [-0.25, -0.2) is 14.6 Å². The van der Waals surface area contributed by atoms with Gasteiger partial charge in [0.05, 0.1) is 11.2 Å². The average molecular weight is 641 g/mol. The normalized spacial score (nSPS) is 11.6. The van der Waals surface area contributed by atoms with Crippen LogP contribution in [0.2, 0.25) is 0 Å². The molecule has 0 unspecified atom stereocenters. The minimum absolute atomic E-state index is 0.105. The van der Waals surface area contributed by atoms with E-state index in [1.54, 1.807) is 33.0 Å². The van der Waals surface area contributed by atoms with E-state index >= 15 is 0 Å². The molecular weight excluding hydrogens is 596 g/mol. The van der Waals surface area contributed by atoms with Gasteiger partial charge in [0, 0.05) is 29.3 Å². The number of benzene rings is 2. The maximum absolute atomic E-state index is 12.5. The van der Waals surface area contributed by atoms with Gasteiger partial charge in [-0.1, -0.05) is 68.4 Å². The van der Waals surface area contributed by atoms with Gasteiger partial charge in [-0.15, -0.1) is 0 Å². The van der Waals surface area contributed by atoms with Crippen LogP contribution >= 0.6 is 0 Å². The zero-order valence-corrected chi connectivity index (χ0v) is 28.3. The van der Waals surface area contributed by atoms with Crippen molar-refractivity contribution < 1.29 is 23.9 Å². The summed E-state index contributed by atoms with van der Waals surface area (Å²) in [5.41, 5.74) is 10.1. The number of hydrogen-bond acceptors (Lipinski definition) is 7. The first-order chi connectivity index (χ1) is 22.2. The number of rotatable bonds is 7. The Bertz CT molecular complexity index is 1720. The number of amides is 3. The Kier molecular flexibility index (Phi) is 12.1. The minimum atomic E-state index is -0.732. The fraction of sp³-hybridized carbons (Fsp3) is 0.333. The fourth-order valence-corrected chi connectivity index (χ4v) is 4.32. The molecule has 3 amide bonds. The molecule has 0 atom stereocenters. The molecule has 11 nitrogen and oxygen atoms in total. The van der Waals surface area contributed by atoms with Gasteiger partial charge < -0.3 is 25.8 Å². The first kappa shape index (κ1) is 36.2. The number of carbonyl (C=O) groups excluding carboxylic acids is 3. The number of fused-ring (bicyclic) bond motifs is 1. The Morgan fingerprint density at radius 3 is 2.00 bits per heavy atom. The molecule has 2 aromatic heterocycles. The Morgan fingerprint density at radius 2 is 1.40 bits per heavy atom. The summed E-state index contributed by atoms with van der Waals surface area (Å²) in [5, 5.41) is 5.76. The first-order valence-electron chi connectivity index (χ1n) is 15.4. The summed E-state index contributed by atoms with van der Waals surface area (Å²) in [6.45, 7) is 14.5. The SMILES string of the molecule is CC.CC(C)(C)OC(=O)NCC(=O)N=C(N)c1nccc2nc(-c3ccc(CNC(=O)OC(C)(C)C)cc3)c(-c3ccccc3)cc12. The summed E-state index contributed by atoms with van der Waals surface area (Å²) in [7, 11) is 0. The van der Waals surface area contributed by atoms with E-state index in [1.807, 2.05) is 95.3 Å². The molecule has 0 fully saturated rings. The number of hydrogen-bond donors (Lipinski definition) is 3. The van der Waals surface area contributed by atoms with Gasteiger partial charge in [-0.2, -0.15) is 4.99 Å². The highest BCUT2D eigenvalue weighted by molar-refractivity contribution is 6.11. The number of nitrogens with two attached hydrogens (primary N) is 1. The van der Waals surface area contributed by atoms with Gasteiger partial charge in [0.2, 0.25) is 0 Å². The second-order valence-electron chi connectivity index (χ2n) is 12.3. The number of nitrogens with zero attached hydrogens (tertiary/aromatic N) is 3. The van der Waals surface area contributed by atoms with Gasteiger partial charge in [0.15, 0.2) is 5.84 Å². The number of carbonyl (C=O) groups is 3. The predicted octanol–water partition coefficient (Wildman–Crippen LogP) is 6.77. The smallest absolute Gasteiger partial charge is 0.408 e. The molecular formula is C36H44N6O5. The zero-order chi connectivity index (χ0) is 34.8. The van der Waals surface area contributed by atoms with Crippen LogP contribution in [0.5, 0.6) is 0 Å². The molecule has 248 valence electrons. The van der Waals surface area contributed by atoms with Crippen molar-refractivity contribution in [3.05, 3.63) is 84.2 Å². The molecule has 0 radical (unpaired) electrons. The first-order valence-corrected chi connectivity index (χ1v) is 15.4. The third kappa shape index (κ3) is 10.9. The van der Waals surface area contributed by atoms with Crippen LogP contribution in [-0.4, -0.2) is 51.6 Å². The quantitative estimate of drug-likeness (QED) is 0.147. The van der Waals surface area contributed by atoms with E-state index in [0.29, 0.717) is 17.4 Å². The highest BCUT2D eigenvalue weighted by atomic mass is 16.6. The lowest BCUT2D eigenvalue weighted by molar-refractivity contribution is -0.117. The Labute approximate surface area is 276 Å². The van der Waals surface area contributed by atoms with Crippen LogP contribution in [0.4, 0.5) is 9.59 Å². The van der Waals surface area contributed by atoms with Crippen LogP contribution < -0.4 is 16.4 Å². The highest BCUT2D eigenvalue weighted by Gasteiger charge is 2.19. The Morgan fingerprint density at radius 1 is 0.809 bits per heavy atom. The van der Waals surface area contributed by atoms with Crippen LogP contribution in [0.15, 0.2) is 77.9 Å². The summed E-state index contributed by atoms with van der Waals surface area (Å²) in [6, 6.07) is 21.2. The molecule has 0 aliphatic carbocycles. The third-order valence-corrected chi connectivity index (χ3v) is 6.16. The van der Waals surface area contributed by atoms with E-state index in [9.17, 15) is 14.4 Å². The average Bonchev–Trinajstić information content (AvgIpc) is 3.02. The van der Waals surface area contributed by atoms with Gasteiger partial charge in [0.1, 0.15) is 23.4 Å². The molecule has 0 saturated carbocycles. The predicted molar refractivity (Wildman–Crippen MR) is 185 cm³/mol. The van der Waals surface area contributed by atoms with E-state index in [1.165, 1.54) is 0 Å². The maximum atomic E-state index is 12.5. The monoisotopic (exact) mass is 640 g/mol. The van der Waals surface area contributed by atoms with Crippen molar-refractivity contribution in [3.63, 3.8) is 0 Å². The van der Waals surface area contributed by atoms with Crippen molar-refractivity contribution >= 4 is 34.8 Å². The van der Waals surface area contributed by atoms with E-state index < -0.39 is 29.3 Å². The molecule has 11 heteroatoms. The van der Waals surface area contributed by atoms with E-state index in [2.05, 4.69) is 20.6 Å². The molecule has 0 saturated heterocycles. The lowest BCUT2D eigenvalue weighted by Gasteiger charge is -2.19. The molecule has 47 heavy (non-hydrogen) atoms. The lowest BCUT2D eigenvalue weighted by atomic mass is 9.96. The largest absolute Gasteiger partial charge is 0.444 e. The van der Waals surface area contributed by atoms with Crippen molar-refractivity contribution in [1.29, 1.82) is 0 Å². The second-order valence-corrected chi connectivity index (χ2v) is 12.3. The number of ether oxygens (including phenoxy) is 2. The topological polar surface area (TPSA) is 158 Å². The molecule has 2 heterocycles. The van der Waals surface area contributed by atoms with E-state index in [0.717, 1.165) is 27.9 Å². The molecule has 0 bridgehead atoms. The van der Waals surface area contributed by atoms with Crippen LogP contribution in [0, 0.1) is 0 Å². The minimum Gasteiger partial charge on any atom is -0.444 e. The van der Waals surface area contributed by atoms with Crippen LogP contribution in [0.1, 0.15) is 66.6 Å². The molecule has 0 aliphatic heterocycles. The van der Waals surface area contributed by atoms with Gasteiger partial charge in [-0.05, 0) is 64.8 Å². The molecule has 0 spiro atoms. The number of nitrogens with one attached hydrogen (secondary N) is 2. The van der Waals surface area contributed by atoms with Crippen molar-refractivity contribution in [3.8, 4) is 22.4 Å². The summed E-state index contributed by atoms with van der Waals surface area (Å²) in [4.78, 5) is 49.9.